The van der Waals surface area contributed by atoms with E-state index < -0.39 is 0 Å². The Morgan fingerprint density at radius 2 is 2.00 bits per heavy atom. The van der Waals surface area contributed by atoms with E-state index in [-0.39, 0.29) is 0 Å². The number of hydrogen-bond donors (Lipinski definition) is 0. The normalized spacial score (nSPS) is 11.3. The van der Waals surface area contributed by atoms with Crippen LogP contribution in [0, 0.1) is 20.8 Å². The van der Waals surface area contributed by atoms with Crippen LogP contribution < -0.4 is 0 Å². The SMILES string of the molecule is Cc1ccc(-c2c(C)sc3nc(-c4cccs4)c(C=O)n23)c(C)c1. The highest BCUT2D eigenvalue weighted by atomic mass is 32.1. The summed E-state index contributed by atoms with van der Waals surface area (Å²) in [6.07, 6.45) is 0.925. The number of aryl methyl sites for hydroxylation is 3. The molecule has 0 N–H and O–H groups in total. The lowest BCUT2D eigenvalue weighted by Crippen LogP contribution is -1.96. The van der Waals surface area contributed by atoms with Crippen LogP contribution in [0.15, 0.2) is 35.7 Å². The molecule has 3 aromatic heterocycles. The van der Waals surface area contributed by atoms with Gasteiger partial charge in [0.2, 0.25) is 0 Å². The number of carbonyl (C=O) groups excluding carboxylic acids is 1. The lowest BCUT2D eigenvalue weighted by Gasteiger charge is -2.08. The summed E-state index contributed by atoms with van der Waals surface area (Å²) in [6, 6.07) is 10.4. The first-order valence-electron chi connectivity index (χ1n) is 7.68. The van der Waals surface area contributed by atoms with E-state index in [1.54, 1.807) is 22.7 Å². The Kier molecular flexibility index (Phi) is 3.62. The molecule has 3 nitrogen and oxygen atoms in total. The first-order chi connectivity index (χ1) is 11.6. The van der Waals surface area contributed by atoms with Crippen LogP contribution in [0.25, 0.3) is 26.8 Å². The van der Waals surface area contributed by atoms with Gasteiger partial charge in [-0.3, -0.25) is 9.20 Å². The summed E-state index contributed by atoms with van der Waals surface area (Å²) in [4.78, 5) is 19.7. The van der Waals surface area contributed by atoms with Gasteiger partial charge < -0.3 is 0 Å². The fourth-order valence-electron chi connectivity index (χ4n) is 3.13. The third-order valence-corrected chi connectivity index (χ3v) is 6.02. The zero-order valence-electron chi connectivity index (χ0n) is 13.7. The van der Waals surface area contributed by atoms with Crippen molar-refractivity contribution in [2.24, 2.45) is 0 Å². The second-order valence-electron chi connectivity index (χ2n) is 5.88. The number of benzene rings is 1. The highest BCUT2D eigenvalue weighted by Crippen LogP contribution is 2.37. The lowest BCUT2D eigenvalue weighted by atomic mass is 10.0. The largest absolute Gasteiger partial charge is 0.296 e. The summed E-state index contributed by atoms with van der Waals surface area (Å²) in [5.41, 5.74) is 6.08. The van der Waals surface area contributed by atoms with E-state index in [1.165, 1.54) is 16.0 Å². The number of aldehydes is 1. The summed E-state index contributed by atoms with van der Waals surface area (Å²) < 4.78 is 2.01. The molecule has 0 aliphatic rings. The lowest BCUT2D eigenvalue weighted by molar-refractivity contribution is 0.111. The molecule has 5 heteroatoms. The highest BCUT2D eigenvalue weighted by molar-refractivity contribution is 7.17. The van der Waals surface area contributed by atoms with Gasteiger partial charge in [-0.05, 0) is 37.8 Å². The molecule has 0 atom stereocenters. The van der Waals surface area contributed by atoms with Crippen molar-refractivity contribution in [3.63, 3.8) is 0 Å². The van der Waals surface area contributed by atoms with Gasteiger partial charge in [0.05, 0.1) is 10.6 Å². The minimum absolute atomic E-state index is 0.631. The van der Waals surface area contributed by atoms with Gasteiger partial charge in [-0.15, -0.1) is 22.7 Å². The molecular weight excluding hydrogens is 336 g/mol. The van der Waals surface area contributed by atoms with Crippen LogP contribution in [0.1, 0.15) is 26.5 Å². The molecule has 0 aliphatic heterocycles. The molecule has 0 saturated carbocycles. The number of fused-ring (bicyclic) bond motifs is 1. The van der Waals surface area contributed by atoms with Gasteiger partial charge >= 0.3 is 0 Å². The third-order valence-electron chi connectivity index (χ3n) is 4.19. The molecule has 0 unspecified atom stereocenters. The summed E-state index contributed by atoms with van der Waals surface area (Å²) in [5, 5.41) is 2.01. The van der Waals surface area contributed by atoms with Crippen LogP contribution in [-0.4, -0.2) is 15.7 Å². The van der Waals surface area contributed by atoms with Crippen molar-refractivity contribution in [2.75, 3.05) is 0 Å². The van der Waals surface area contributed by atoms with Crippen LogP contribution in [0.5, 0.6) is 0 Å². The Balaban J connectivity index is 2.06. The number of rotatable bonds is 3. The van der Waals surface area contributed by atoms with Crippen LogP contribution >= 0.6 is 22.7 Å². The van der Waals surface area contributed by atoms with E-state index in [2.05, 4.69) is 39.0 Å². The van der Waals surface area contributed by atoms with E-state index in [4.69, 9.17) is 4.98 Å². The Morgan fingerprint density at radius 3 is 2.67 bits per heavy atom. The molecule has 0 radical (unpaired) electrons. The van der Waals surface area contributed by atoms with E-state index in [1.807, 2.05) is 21.9 Å². The second kappa shape index (κ2) is 5.69. The number of carbonyl (C=O) groups is 1. The van der Waals surface area contributed by atoms with Crippen molar-refractivity contribution < 1.29 is 4.79 Å². The standard InChI is InChI=1S/C19H16N2OS2/c1-11-6-7-14(12(2)9-11)18-13(3)24-19-20-17(15(10-22)21(18)19)16-5-4-8-23-16/h4-10H,1-3H3. The zero-order chi connectivity index (χ0) is 16.8. The number of imidazole rings is 1. The van der Waals surface area contributed by atoms with Crippen LogP contribution in [-0.2, 0) is 0 Å². The van der Waals surface area contributed by atoms with Gasteiger partial charge in [0.15, 0.2) is 11.2 Å². The molecule has 3 heterocycles. The average molecular weight is 352 g/mol. The highest BCUT2D eigenvalue weighted by Gasteiger charge is 2.22. The third kappa shape index (κ3) is 2.24. The van der Waals surface area contributed by atoms with Crippen molar-refractivity contribution in [2.45, 2.75) is 20.8 Å². The second-order valence-corrected chi connectivity index (χ2v) is 8.01. The molecule has 1 aromatic carbocycles. The minimum Gasteiger partial charge on any atom is -0.296 e. The monoisotopic (exact) mass is 352 g/mol. The summed E-state index contributed by atoms with van der Waals surface area (Å²) >= 11 is 3.24. The molecule has 0 spiro atoms. The van der Waals surface area contributed by atoms with Gasteiger partial charge in [0, 0.05) is 10.4 Å². The predicted molar refractivity (Wildman–Crippen MR) is 101 cm³/mol. The number of nitrogens with zero attached hydrogens (tertiary/aromatic N) is 2. The van der Waals surface area contributed by atoms with Crippen LogP contribution in [0.3, 0.4) is 0 Å². The molecule has 4 aromatic rings. The summed E-state index contributed by atoms with van der Waals surface area (Å²) in [5.74, 6) is 0. The van der Waals surface area contributed by atoms with Crippen molar-refractivity contribution in [3.05, 3.63) is 57.4 Å². The summed E-state index contributed by atoms with van der Waals surface area (Å²) in [7, 11) is 0. The molecule has 4 rings (SSSR count). The number of aromatic nitrogens is 2. The number of hydrogen-bond acceptors (Lipinski definition) is 4. The van der Waals surface area contributed by atoms with Gasteiger partial charge in [-0.1, -0.05) is 29.8 Å². The first-order valence-corrected chi connectivity index (χ1v) is 9.38. The minimum atomic E-state index is 0.631. The Hall–Kier alpha value is -2.24. The zero-order valence-corrected chi connectivity index (χ0v) is 15.3. The van der Waals surface area contributed by atoms with Gasteiger partial charge in [-0.2, -0.15) is 0 Å². The van der Waals surface area contributed by atoms with Crippen molar-refractivity contribution >= 4 is 33.9 Å². The first kappa shape index (κ1) is 15.3. The fraction of sp³-hybridized carbons (Fsp3) is 0.158. The van der Waals surface area contributed by atoms with E-state index in [0.717, 1.165) is 33.1 Å². The number of thiazole rings is 1. The van der Waals surface area contributed by atoms with Gasteiger partial charge in [-0.25, -0.2) is 4.98 Å². The van der Waals surface area contributed by atoms with Crippen molar-refractivity contribution in [1.29, 1.82) is 0 Å². The van der Waals surface area contributed by atoms with Crippen molar-refractivity contribution in [3.8, 4) is 21.8 Å². The van der Waals surface area contributed by atoms with Crippen LogP contribution in [0.2, 0.25) is 0 Å². The average Bonchev–Trinajstić information content (AvgIpc) is 3.23. The van der Waals surface area contributed by atoms with Gasteiger partial charge in [0.1, 0.15) is 11.4 Å². The smallest absolute Gasteiger partial charge is 0.195 e. The molecular formula is C19H16N2OS2. The summed E-state index contributed by atoms with van der Waals surface area (Å²) in [6.45, 7) is 6.30. The topological polar surface area (TPSA) is 34.4 Å². The molecule has 0 amide bonds. The maximum atomic E-state index is 11.9. The van der Waals surface area contributed by atoms with E-state index in [0.29, 0.717) is 5.69 Å². The molecule has 0 saturated heterocycles. The molecule has 0 fully saturated rings. The van der Waals surface area contributed by atoms with E-state index in [9.17, 15) is 4.79 Å². The maximum Gasteiger partial charge on any atom is 0.195 e. The molecule has 120 valence electrons. The predicted octanol–water partition coefficient (Wildman–Crippen LogP) is 5.53. The number of thiophene rings is 1. The molecule has 24 heavy (non-hydrogen) atoms. The Labute approximate surface area is 148 Å². The Morgan fingerprint density at radius 1 is 1.17 bits per heavy atom. The molecule has 0 aliphatic carbocycles. The van der Waals surface area contributed by atoms with Gasteiger partial charge in [0.25, 0.3) is 0 Å². The van der Waals surface area contributed by atoms with Crippen molar-refractivity contribution in [1.82, 2.24) is 9.38 Å². The van der Waals surface area contributed by atoms with Crippen LogP contribution in [0.4, 0.5) is 0 Å². The van der Waals surface area contributed by atoms with E-state index >= 15 is 0 Å². The maximum absolute atomic E-state index is 11.9. The fourth-order valence-corrected chi connectivity index (χ4v) is 4.84. The molecule has 0 bridgehead atoms. The Bertz CT molecular complexity index is 1060. The quantitative estimate of drug-likeness (QED) is 0.454.